The fourth-order valence-electron chi connectivity index (χ4n) is 2.81. The average Bonchev–Trinajstić information content (AvgIpc) is 2.84. The van der Waals surface area contributed by atoms with Crippen LogP contribution in [0.2, 0.25) is 0 Å². The van der Waals surface area contributed by atoms with Crippen molar-refractivity contribution in [1.82, 2.24) is 15.5 Å². The molecule has 0 radical (unpaired) electrons. The molecule has 5 heteroatoms. The Morgan fingerprint density at radius 1 is 1.45 bits per heavy atom. The summed E-state index contributed by atoms with van der Waals surface area (Å²) >= 11 is 0. The fourth-order valence-corrected chi connectivity index (χ4v) is 2.81. The van der Waals surface area contributed by atoms with Gasteiger partial charge >= 0.3 is 0 Å². The van der Waals surface area contributed by atoms with Crippen molar-refractivity contribution in [2.45, 2.75) is 38.6 Å². The molecule has 0 bridgehead atoms. The molecule has 1 aliphatic carbocycles. The number of benzene rings is 1. The van der Waals surface area contributed by atoms with Crippen LogP contribution >= 0.6 is 0 Å². The van der Waals surface area contributed by atoms with Crippen molar-refractivity contribution in [3.05, 3.63) is 41.0 Å². The normalized spacial score (nSPS) is 17.9. The first-order chi connectivity index (χ1) is 9.72. The predicted octanol–water partition coefficient (Wildman–Crippen LogP) is 2.29. The highest BCUT2D eigenvalue weighted by Gasteiger charge is 2.19. The maximum Gasteiger partial charge on any atom is 0.223 e. The third-order valence-electron chi connectivity index (χ3n) is 3.75. The number of rotatable bonds is 4. The minimum absolute atomic E-state index is 0.353. The van der Waals surface area contributed by atoms with Crippen LogP contribution in [-0.4, -0.2) is 21.8 Å². The number of aromatic nitrogens is 2. The number of aromatic hydroxyl groups is 1. The van der Waals surface area contributed by atoms with Crippen LogP contribution in [0.3, 0.4) is 0 Å². The van der Waals surface area contributed by atoms with Gasteiger partial charge in [-0.25, -0.2) is 0 Å². The standard InChI is InChI=1S/C15H19N3O2/c1-10-17-15(18-20-10)7-8-16-14-4-2-3-11-9-12(19)5-6-13(11)14/h5-6,9,14,16,19H,2-4,7-8H2,1H3. The Kier molecular flexibility index (Phi) is 3.69. The van der Waals surface area contributed by atoms with E-state index in [0.29, 0.717) is 17.7 Å². The lowest BCUT2D eigenvalue weighted by Gasteiger charge is -2.26. The van der Waals surface area contributed by atoms with Gasteiger partial charge in [0.05, 0.1) is 0 Å². The summed E-state index contributed by atoms with van der Waals surface area (Å²) in [7, 11) is 0. The molecule has 0 fully saturated rings. The smallest absolute Gasteiger partial charge is 0.223 e. The number of aryl methyl sites for hydroxylation is 2. The number of nitrogens with zero attached hydrogens (tertiary/aromatic N) is 2. The molecule has 1 heterocycles. The molecule has 1 unspecified atom stereocenters. The molecule has 3 rings (SSSR count). The van der Waals surface area contributed by atoms with Gasteiger partial charge in [0, 0.05) is 25.9 Å². The number of fused-ring (bicyclic) bond motifs is 1. The van der Waals surface area contributed by atoms with Crippen molar-refractivity contribution in [2.75, 3.05) is 6.54 Å². The van der Waals surface area contributed by atoms with Crippen molar-refractivity contribution in [3.63, 3.8) is 0 Å². The van der Waals surface area contributed by atoms with Gasteiger partial charge < -0.3 is 14.9 Å². The summed E-state index contributed by atoms with van der Waals surface area (Å²) in [5.41, 5.74) is 2.56. The van der Waals surface area contributed by atoms with E-state index < -0.39 is 0 Å². The average molecular weight is 273 g/mol. The van der Waals surface area contributed by atoms with Crippen LogP contribution < -0.4 is 5.32 Å². The third kappa shape index (κ3) is 2.82. The summed E-state index contributed by atoms with van der Waals surface area (Å²) in [6, 6.07) is 6.03. The topological polar surface area (TPSA) is 71.2 Å². The molecule has 0 aliphatic heterocycles. The first-order valence-electron chi connectivity index (χ1n) is 7.07. The summed E-state index contributed by atoms with van der Waals surface area (Å²) in [4.78, 5) is 4.20. The maximum absolute atomic E-state index is 9.55. The van der Waals surface area contributed by atoms with Gasteiger partial charge in [-0.05, 0) is 42.5 Å². The molecule has 20 heavy (non-hydrogen) atoms. The first kappa shape index (κ1) is 13.1. The van der Waals surface area contributed by atoms with Crippen LogP contribution in [0.4, 0.5) is 0 Å². The number of phenolic OH excluding ortho intramolecular Hbond substituents is 1. The van der Waals surface area contributed by atoms with Gasteiger partial charge in [-0.3, -0.25) is 0 Å². The molecule has 5 nitrogen and oxygen atoms in total. The zero-order valence-electron chi connectivity index (χ0n) is 11.6. The summed E-state index contributed by atoms with van der Waals surface area (Å²) in [6.07, 6.45) is 4.09. The SMILES string of the molecule is Cc1nc(CCNC2CCCc3cc(O)ccc32)no1. The van der Waals surface area contributed by atoms with E-state index in [1.165, 1.54) is 11.1 Å². The van der Waals surface area contributed by atoms with Crippen molar-refractivity contribution < 1.29 is 9.63 Å². The van der Waals surface area contributed by atoms with E-state index in [-0.39, 0.29) is 0 Å². The lowest BCUT2D eigenvalue weighted by Crippen LogP contribution is -2.27. The number of phenols is 1. The zero-order valence-corrected chi connectivity index (χ0v) is 11.6. The van der Waals surface area contributed by atoms with Gasteiger partial charge in [0.2, 0.25) is 5.89 Å². The molecule has 1 aromatic heterocycles. The van der Waals surface area contributed by atoms with E-state index in [0.717, 1.165) is 38.1 Å². The summed E-state index contributed by atoms with van der Waals surface area (Å²) in [5.74, 6) is 1.71. The highest BCUT2D eigenvalue weighted by molar-refractivity contribution is 5.38. The molecule has 0 saturated carbocycles. The summed E-state index contributed by atoms with van der Waals surface area (Å²) in [6.45, 7) is 2.62. The zero-order chi connectivity index (χ0) is 13.9. The molecular formula is C15H19N3O2. The van der Waals surface area contributed by atoms with Crippen molar-refractivity contribution in [2.24, 2.45) is 0 Å². The van der Waals surface area contributed by atoms with Crippen LogP contribution in [0.15, 0.2) is 22.7 Å². The van der Waals surface area contributed by atoms with Gasteiger partial charge in [0.1, 0.15) is 5.75 Å². The molecule has 2 N–H and O–H groups in total. The molecule has 1 atom stereocenters. The van der Waals surface area contributed by atoms with Gasteiger partial charge in [-0.2, -0.15) is 4.98 Å². The lowest BCUT2D eigenvalue weighted by molar-refractivity contribution is 0.385. The maximum atomic E-state index is 9.55. The highest BCUT2D eigenvalue weighted by atomic mass is 16.5. The molecule has 2 aromatic rings. The Morgan fingerprint density at radius 2 is 2.35 bits per heavy atom. The molecule has 1 aromatic carbocycles. The van der Waals surface area contributed by atoms with E-state index in [1.54, 1.807) is 13.0 Å². The number of hydrogen-bond acceptors (Lipinski definition) is 5. The summed E-state index contributed by atoms with van der Waals surface area (Å²) < 4.78 is 4.96. The number of hydrogen-bond donors (Lipinski definition) is 2. The Bertz CT molecular complexity index is 595. The van der Waals surface area contributed by atoms with Crippen LogP contribution in [0.25, 0.3) is 0 Å². The molecular weight excluding hydrogens is 254 g/mol. The second-order valence-electron chi connectivity index (χ2n) is 5.26. The van der Waals surface area contributed by atoms with E-state index in [1.807, 2.05) is 12.1 Å². The van der Waals surface area contributed by atoms with Gasteiger partial charge in [-0.15, -0.1) is 0 Å². The minimum atomic E-state index is 0.353. The Morgan fingerprint density at radius 3 is 3.15 bits per heavy atom. The van der Waals surface area contributed by atoms with Crippen molar-refractivity contribution in [1.29, 1.82) is 0 Å². The fraction of sp³-hybridized carbons (Fsp3) is 0.467. The minimum Gasteiger partial charge on any atom is -0.508 e. The van der Waals surface area contributed by atoms with Crippen molar-refractivity contribution in [3.8, 4) is 5.75 Å². The second-order valence-corrected chi connectivity index (χ2v) is 5.26. The van der Waals surface area contributed by atoms with E-state index in [9.17, 15) is 5.11 Å². The van der Waals surface area contributed by atoms with E-state index in [4.69, 9.17) is 4.52 Å². The van der Waals surface area contributed by atoms with Crippen molar-refractivity contribution >= 4 is 0 Å². The van der Waals surface area contributed by atoms with Crippen LogP contribution in [0.1, 0.15) is 41.7 Å². The molecule has 0 amide bonds. The van der Waals surface area contributed by atoms with Crippen LogP contribution in [0.5, 0.6) is 5.75 Å². The lowest BCUT2D eigenvalue weighted by atomic mass is 9.87. The van der Waals surface area contributed by atoms with E-state index >= 15 is 0 Å². The number of nitrogens with one attached hydrogen (secondary N) is 1. The molecule has 1 aliphatic rings. The van der Waals surface area contributed by atoms with E-state index in [2.05, 4.69) is 15.5 Å². The van der Waals surface area contributed by atoms with Crippen LogP contribution in [-0.2, 0) is 12.8 Å². The quantitative estimate of drug-likeness (QED) is 0.894. The second kappa shape index (κ2) is 5.63. The highest BCUT2D eigenvalue weighted by Crippen LogP contribution is 2.31. The molecule has 0 spiro atoms. The Balaban J connectivity index is 1.61. The summed E-state index contributed by atoms with van der Waals surface area (Å²) in [5, 5.41) is 17.0. The van der Waals surface area contributed by atoms with Gasteiger partial charge in [0.25, 0.3) is 0 Å². The molecule has 106 valence electrons. The van der Waals surface area contributed by atoms with Gasteiger partial charge in [0.15, 0.2) is 5.82 Å². The molecule has 0 saturated heterocycles. The first-order valence-corrected chi connectivity index (χ1v) is 7.07. The predicted molar refractivity (Wildman–Crippen MR) is 74.5 cm³/mol. The Labute approximate surface area is 118 Å². The Hall–Kier alpha value is -1.88. The third-order valence-corrected chi connectivity index (χ3v) is 3.75. The van der Waals surface area contributed by atoms with Crippen LogP contribution in [0, 0.1) is 6.92 Å². The monoisotopic (exact) mass is 273 g/mol. The largest absolute Gasteiger partial charge is 0.508 e. The van der Waals surface area contributed by atoms with Gasteiger partial charge in [-0.1, -0.05) is 11.2 Å².